The van der Waals surface area contributed by atoms with Crippen molar-refractivity contribution in [3.63, 3.8) is 0 Å². The van der Waals surface area contributed by atoms with Gasteiger partial charge in [0.2, 0.25) is 5.91 Å². The molecule has 0 radical (unpaired) electrons. The maximum atomic E-state index is 13.4. The van der Waals surface area contributed by atoms with E-state index < -0.39 is 11.9 Å². The highest BCUT2D eigenvalue weighted by Gasteiger charge is 2.44. The topological polar surface area (TPSA) is 74.8 Å². The first-order chi connectivity index (χ1) is 16.5. The number of aromatic nitrogens is 1. The molecule has 0 saturated carbocycles. The number of anilines is 2. The number of carbonyl (C=O) groups excluding carboxylic acids is 2. The van der Waals surface area contributed by atoms with Crippen molar-refractivity contribution in [3.05, 3.63) is 84.4 Å². The molecule has 174 valence electrons. The minimum atomic E-state index is -0.831. The zero-order valence-corrected chi connectivity index (χ0v) is 19.3. The molecule has 0 aliphatic carbocycles. The minimum absolute atomic E-state index is 0.114. The van der Waals surface area contributed by atoms with Gasteiger partial charge in [0.25, 0.3) is 5.91 Å². The molecule has 1 fully saturated rings. The number of amides is 2. The Hall–Kier alpha value is -3.85. The molecule has 1 N–H and O–H groups in total. The molecule has 4 rings (SSSR count). The molecule has 1 aromatic heterocycles. The number of pyridine rings is 1. The molecular formula is C25H23FN4O3S. The normalized spacial score (nSPS) is 15.5. The lowest BCUT2D eigenvalue weighted by atomic mass is 10.1. The summed E-state index contributed by atoms with van der Waals surface area (Å²) in [6.45, 7) is 2.70. The lowest BCUT2D eigenvalue weighted by molar-refractivity contribution is -0.124. The van der Waals surface area contributed by atoms with Crippen LogP contribution in [0.15, 0.2) is 72.9 Å². The Kier molecular flexibility index (Phi) is 7.12. The zero-order valence-electron chi connectivity index (χ0n) is 18.5. The zero-order chi connectivity index (χ0) is 24.1. The number of nitrogens with zero attached hydrogens (tertiary/aromatic N) is 3. The summed E-state index contributed by atoms with van der Waals surface area (Å²) in [7, 11) is 0. The van der Waals surface area contributed by atoms with Crippen molar-refractivity contribution in [1.82, 2.24) is 9.88 Å². The number of thiocarbonyl (C=S) groups is 1. The SMILES string of the molecule is CCOc1ccc(NC(=O)C[C@@H]2C(=O)N(c3ccc(F)cc3)C(=S)N2Cc2ccccn2)cc1. The first-order valence-electron chi connectivity index (χ1n) is 10.8. The summed E-state index contributed by atoms with van der Waals surface area (Å²) >= 11 is 5.62. The van der Waals surface area contributed by atoms with E-state index in [4.69, 9.17) is 17.0 Å². The average Bonchev–Trinajstić information content (AvgIpc) is 3.06. The van der Waals surface area contributed by atoms with Gasteiger partial charge < -0.3 is 15.0 Å². The van der Waals surface area contributed by atoms with Crippen LogP contribution < -0.4 is 15.0 Å². The number of ether oxygens (including phenoxy) is 1. The van der Waals surface area contributed by atoms with E-state index in [0.29, 0.717) is 29.4 Å². The van der Waals surface area contributed by atoms with Crippen molar-refractivity contribution in [2.45, 2.75) is 25.9 Å². The molecule has 9 heteroatoms. The van der Waals surface area contributed by atoms with Crippen molar-refractivity contribution in [2.75, 3.05) is 16.8 Å². The first kappa shape index (κ1) is 23.3. The van der Waals surface area contributed by atoms with Gasteiger partial charge in [-0.05, 0) is 79.8 Å². The van der Waals surface area contributed by atoms with Crippen LogP contribution in [0, 0.1) is 5.82 Å². The Bertz CT molecular complexity index is 1170. The van der Waals surface area contributed by atoms with Gasteiger partial charge in [0.05, 0.1) is 31.0 Å². The molecule has 7 nitrogen and oxygen atoms in total. The molecule has 2 aromatic carbocycles. The highest BCUT2D eigenvalue weighted by Crippen LogP contribution is 2.29. The van der Waals surface area contributed by atoms with E-state index in [1.54, 1.807) is 41.4 Å². The lowest BCUT2D eigenvalue weighted by Crippen LogP contribution is -2.37. The van der Waals surface area contributed by atoms with Gasteiger partial charge in [0.1, 0.15) is 17.6 Å². The van der Waals surface area contributed by atoms with E-state index in [-0.39, 0.29) is 29.9 Å². The van der Waals surface area contributed by atoms with E-state index in [1.807, 2.05) is 19.1 Å². The smallest absolute Gasteiger partial charge is 0.256 e. The molecule has 0 unspecified atom stereocenters. The van der Waals surface area contributed by atoms with E-state index >= 15 is 0 Å². The molecule has 2 heterocycles. The van der Waals surface area contributed by atoms with E-state index in [2.05, 4.69) is 10.3 Å². The number of halogens is 1. The predicted octanol–water partition coefficient (Wildman–Crippen LogP) is 4.15. The van der Waals surface area contributed by atoms with Crippen molar-refractivity contribution in [1.29, 1.82) is 0 Å². The van der Waals surface area contributed by atoms with Gasteiger partial charge in [-0.1, -0.05) is 6.07 Å². The number of hydrogen-bond acceptors (Lipinski definition) is 5. The summed E-state index contributed by atoms with van der Waals surface area (Å²) < 4.78 is 18.9. The number of nitrogens with one attached hydrogen (secondary N) is 1. The van der Waals surface area contributed by atoms with Gasteiger partial charge in [-0.25, -0.2) is 4.39 Å². The van der Waals surface area contributed by atoms with Crippen molar-refractivity contribution in [3.8, 4) is 5.75 Å². The summed E-state index contributed by atoms with van der Waals surface area (Å²) in [5.74, 6) is -0.405. The monoisotopic (exact) mass is 478 g/mol. The largest absolute Gasteiger partial charge is 0.494 e. The Morgan fingerprint density at radius 2 is 1.85 bits per heavy atom. The third-order valence-electron chi connectivity index (χ3n) is 5.29. The molecule has 1 aliphatic heterocycles. The second-order valence-corrected chi connectivity index (χ2v) is 7.97. The molecule has 1 atom stereocenters. The molecular weight excluding hydrogens is 455 g/mol. The third-order valence-corrected chi connectivity index (χ3v) is 5.71. The molecule has 34 heavy (non-hydrogen) atoms. The summed E-state index contributed by atoms with van der Waals surface area (Å²) in [5.41, 5.74) is 1.74. The second-order valence-electron chi connectivity index (χ2n) is 7.61. The van der Waals surface area contributed by atoms with Gasteiger partial charge in [0.15, 0.2) is 5.11 Å². The van der Waals surface area contributed by atoms with E-state index in [9.17, 15) is 14.0 Å². The Labute approximate surface area is 202 Å². The Morgan fingerprint density at radius 1 is 1.12 bits per heavy atom. The van der Waals surface area contributed by atoms with Gasteiger partial charge in [-0.3, -0.25) is 19.5 Å². The van der Waals surface area contributed by atoms with Crippen LogP contribution in [0.3, 0.4) is 0 Å². The first-order valence-corrected chi connectivity index (χ1v) is 11.2. The summed E-state index contributed by atoms with van der Waals surface area (Å²) in [6, 6.07) is 17.1. The highest BCUT2D eigenvalue weighted by molar-refractivity contribution is 7.80. The molecule has 1 saturated heterocycles. The quantitative estimate of drug-likeness (QED) is 0.491. The molecule has 3 aromatic rings. The number of rotatable bonds is 8. The van der Waals surface area contributed by atoms with Crippen LogP contribution in [0.2, 0.25) is 0 Å². The van der Waals surface area contributed by atoms with Crippen molar-refractivity contribution >= 4 is 40.5 Å². The van der Waals surface area contributed by atoms with Crippen LogP contribution >= 0.6 is 12.2 Å². The summed E-state index contributed by atoms with van der Waals surface area (Å²) in [4.78, 5) is 33.6. The minimum Gasteiger partial charge on any atom is -0.494 e. The van der Waals surface area contributed by atoms with E-state index in [0.717, 1.165) is 0 Å². The van der Waals surface area contributed by atoms with Crippen LogP contribution in [0.25, 0.3) is 0 Å². The standard InChI is InChI=1S/C25H23FN4O3S/c1-2-33-21-12-8-18(9-13-21)28-23(31)15-22-24(32)30(20-10-6-17(26)7-11-20)25(34)29(22)16-19-5-3-4-14-27-19/h3-14,22H,2,15-16H2,1H3,(H,28,31)/t22-/m1/s1. The van der Waals surface area contributed by atoms with Crippen LogP contribution in [-0.2, 0) is 16.1 Å². The van der Waals surface area contributed by atoms with Crippen LogP contribution in [0.4, 0.5) is 15.8 Å². The second kappa shape index (κ2) is 10.4. The highest BCUT2D eigenvalue weighted by atomic mass is 32.1. The lowest BCUT2D eigenvalue weighted by Gasteiger charge is -2.23. The van der Waals surface area contributed by atoms with Crippen molar-refractivity contribution in [2.24, 2.45) is 0 Å². The Morgan fingerprint density at radius 3 is 2.50 bits per heavy atom. The third kappa shape index (κ3) is 5.20. The maximum absolute atomic E-state index is 13.4. The maximum Gasteiger partial charge on any atom is 0.256 e. The van der Waals surface area contributed by atoms with Gasteiger partial charge in [-0.15, -0.1) is 0 Å². The fraction of sp³-hybridized carbons (Fsp3) is 0.200. The van der Waals surface area contributed by atoms with Gasteiger partial charge in [-0.2, -0.15) is 0 Å². The fourth-order valence-corrected chi connectivity index (χ4v) is 4.08. The summed E-state index contributed by atoms with van der Waals surface area (Å²) in [6.07, 6.45) is 1.54. The van der Waals surface area contributed by atoms with Crippen LogP contribution in [0.5, 0.6) is 5.75 Å². The van der Waals surface area contributed by atoms with Crippen molar-refractivity contribution < 1.29 is 18.7 Å². The van der Waals surface area contributed by atoms with Gasteiger partial charge in [0, 0.05) is 11.9 Å². The number of benzene rings is 2. The number of hydrogen-bond donors (Lipinski definition) is 1. The molecule has 0 spiro atoms. The van der Waals surface area contributed by atoms with Crippen LogP contribution in [-0.4, -0.2) is 39.5 Å². The number of carbonyl (C=O) groups is 2. The van der Waals surface area contributed by atoms with Crippen LogP contribution in [0.1, 0.15) is 19.0 Å². The van der Waals surface area contributed by atoms with E-state index in [1.165, 1.54) is 29.2 Å². The average molecular weight is 479 g/mol. The summed E-state index contributed by atoms with van der Waals surface area (Å²) in [5, 5.41) is 3.06. The predicted molar refractivity (Wildman–Crippen MR) is 131 cm³/mol. The Balaban J connectivity index is 1.55. The van der Waals surface area contributed by atoms with Gasteiger partial charge >= 0.3 is 0 Å². The molecule has 1 aliphatic rings. The molecule has 0 bridgehead atoms. The molecule has 2 amide bonds. The fourth-order valence-electron chi connectivity index (χ4n) is 3.70.